The SMILES string of the molecule is O=C1OC2CC2C(=O)C1C(=O)C1CCC(O)CC1[N+](=O)[O-]. The Kier molecular flexibility index (Phi) is 3.27. The fraction of sp³-hybridized carbons (Fsp3) is 0.769. The van der Waals surface area contributed by atoms with Crippen molar-refractivity contribution in [2.45, 2.75) is 43.9 Å². The van der Waals surface area contributed by atoms with E-state index in [0.717, 1.165) is 0 Å². The Morgan fingerprint density at radius 2 is 2.00 bits per heavy atom. The van der Waals surface area contributed by atoms with Crippen LogP contribution in [0.5, 0.6) is 0 Å². The average Bonchev–Trinajstić information content (AvgIpc) is 3.17. The van der Waals surface area contributed by atoms with Crippen LogP contribution in [0, 0.1) is 27.9 Å². The highest BCUT2D eigenvalue weighted by Gasteiger charge is 2.59. The molecule has 0 aromatic heterocycles. The molecule has 0 aromatic rings. The van der Waals surface area contributed by atoms with Crippen molar-refractivity contribution in [3.63, 3.8) is 0 Å². The number of ether oxygens (including phenoxy) is 1. The zero-order valence-corrected chi connectivity index (χ0v) is 11.1. The summed E-state index contributed by atoms with van der Waals surface area (Å²) in [5, 5.41) is 20.6. The van der Waals surface area contributed by atoms with Gasteiger partial charge in [-0.1, -0.05) is 0 Å². The third kappa shape index (κ3) is 2.33. The van der Waals surface area contributed by atoms with E-state index < -0.39 is 58.5 Å². The lowest BCUT2D eigenvalue weighted by atomic mass is 9.75. The second-order valence-corrected chi connectivity index (χ2v) is 5.98. The van der Waals surface area contributed by atoms with Crippen LogP contribution in [0.25, 0.3) is 0 Å². The third-order valence-electron chi connectivity index (χ3n) is 4.59. The molecule has 1 saturated heterocycles. The van der Waals surface area contributed by atoms with Gasteiger partial charge in [-0.25, -0.2) is 0 Å². The molecule has 0 radical (unpaired) electrons. The van der Waals surface area contributed by atoms with Crippen molar-refractivity contribution in [3.8, 4) is 0 Å². The van der Waals surface area contributed by atoms with Crippen LogP contribution in [0.1, 0.15) is 25.7 Å². The lowest BCUT2D eigenvalue weighted by Crippen LogP contribution is -2.48. The molecule has 0 aromatic carbocycles. The summed E-state index contributed by atoms with van der Waals surface area (Å²) in [6, 6.07) is -1.25. The summed E-state index contributed by atoms with van der Waals surface area (Å²) < 4.78 is 4.97. The molecule has 0 amide bonds. The van der Waals surface area contributed by atoms with Gasteiger partial charge in [-0.3, -0.25) is 24.5 Å². The van der Waals surface area contributed by atoms with Crippen molar-refractivity contribution >= 4 is 17.5 Å². The molecule has 1 aliphatic heterocycles. The van der Waals surface area contributed by atoms with Gasteiger partial charge in [0.1, 0.15) is 6.10 Å². The Morgan fingerprint density at radius 3 is 2.67 bits per heavy atom. The first kappa shape index (κ1) is 14.1. The summed E-state index contributed by atoms with van der Waals surface area (Å²) in [5.41, 5.74) is 0. The number of esters is 1. The van der Waals surface area contributed by atoms with E-state index in [1.165, 1.54) is 0 Å². The molecule has 8 heteroatoms. The molecular formula is C13H15NO7. The minimum Gasteiger partial charge on any atom is -0.461 e. The number of rotatable bonds is 3. The van der Waals surface area contributed by atoms with Crippen molar-refractivity contribution in [1.29, 1.82) is 0 Å². The number of nitrogens with zero attached hydrogens (tertiary/aromatic N) is 1. The number of hydrogen-bond donors (Lipinski definition) is 1. The fourth-order valence-corrected chi connectivity index (χ4v) is 3.31. The maximum absolute atomic E-state index is 12.5. The Morgan fingerprint density at radius 1 is 1.29 bits per heavy atom. The average molecular weight is 297 g/mol. The summed E-state index contributed by atoms with van der Waals surface area (Å²) >= 11 is 0. The normalized spacial score (nSPS) is 42.0. The number of aliphatic hydroxyl groups excluding tert-OH is 1. The van der Waals surface area contributed by atoms with Gasteiger partial charge >= 0.3 is 5.97 Å². The first-order chi connectivity index (χ1) is 9.90. The predicted octanol–water partition coefficient (Wildman–Crippen LogP) is -0.508. The minimum atomic E-state index is -1.52. The molecule has 1 N–H and O–H groups in total. The smallest absolute Gasteiger partial charge is 0.324 e. The molecule has 1 heterocycles. The number of fused-ring (bicyclic) bond motifs is 1. The zero-order chi connectivity index (χ0) is 15.3. The standard InChI is InChI=1S/C13H15NO7/c15-5-1-2-6(8(3-5)14(19)20)11(16)10-12(17)7-4-9(7)21-13(10)18/h5-10,15H,1-4H2. The Bertz CT molecular complexity index is 531. The van der Waals surface area contributed by atoms with E-state index in [4.69, 9.17) is 4.74 Å². The topological polar surface area (TPSA) is 124 Å². The summed E-state index contributed by atoms with van der Waals surface area (Å²) in [5.74, 6) is -5.01. The molecule has 0 bridgehead atoms. The van der Waals surface area contributed by atoms with E-state index in [9.17, 15) is 29.6 Å². The second kappa shape index (κ2) is 4.87. The van der Waals surface area contributed by atoms with E-state index in [2.05, 4.69) is 0 Å². The minimum absolute atomic E-state index is 0.108. The number of ketones is 2. The first-order valence-corrected chi connectivity index (χ1v) is 6.99. The Balaban J connectivity index is 1.81. The molecule has 8 nitrogen and oxygen atoms in total. The van der Waals surface area contributed by atoms with Crippen LogP contribution in [0.2, 0.25) is 0 Å². The highest BCUT2D eigenvalue weighted by molar-refractivity contribution is 6.20. The number of carbonyl (C=O) groups is 3. The highest BCUT2D eigenvalue weighted by atomic mass is 16.6. The van der Waals surface area contributed by atoms with Crippen LogP contribution in [0.4, 0.5) is 0 Å². The zero-order valence-electron chi connectivity index (χ0n) is 11.1. The number of nitro groups is 1. The predicted molar refractivity (Wildman–Crippen MR) is 65.6 cm³/mol. The van der Waals surface area contributed by atoms with Gasteiger partial charge in [-0.15, -0.1) is 0 Å². The van der Waals surface area contributed by atoms with Crippen molar-refractivity contribution in [2.75, 3.05) is 0 Å². The van der Waals surface area contributed by atoms with E-state index in [1.807, 2.05) is 0 Å². The maximum Gasteiger partial charge on any atom is 0.324 e. The van der Waals surface area contributed by atoms with Crippen LogP contribution >= 0.6 is 0 Å². The fourth-order valence-electron chi connectivity index (χ4n) is 3.31. The van der Waals surface area contributed by atoms with Gasteiger partial charge in [-0.05, 0) is 19.3 Å². The molecule has 3 rings (SSSR count). The molecule has 2 saturated carbocycles. The molecule has 114 valence electrons. The molecule has 6 unspecified atom stereocenters. The maximum atomic E-state index is 12.5. The van der Waals surface area contributed by atoms with Crippen molar-refractivity contribution in [3.05, 3.63) is 10.1 Å². The van der Waals surface area contributed by atoms with E-state index in [0.29, 0.717) is 6.42 Å². The Hall–Kier alpha value is -1.83. The lowest BCUT2D eigenvalue weighted by molar-refractivity contribution is -0.534. The first-order valence-electron chi connectivity index (χ1n) is 6.99. The van der Waals surface area contributed by atoms with Gasteiger partial charge in [0.05, 0.1) is 17.9 Å². The van der Waals surface area contributed by atoms with Gasteiger partial charge in [0.25, 0.3) is 0 Å². The number of hydrogen-bond acceptors (Lipinski definition) is 7. The molecule has 2 aliphatic carbocycles. The largest absolute Gasteiger partial charge is 0.461 e. The van der Waals surface area contributed by atoms with Gasteiger partial charge < -0.3 is 9.84 Å². The molecular weight excluding hydrogens is 282 g/mol. The van der Waals surface area contributed by atoms with Crippen LogP contribution in [0.15, 0.2) is 0 Å². The van der Waals surface area contributed by atoms with E-state index in [-0.39, 0.29) is 19.3 Å². The van der Waals surface area contributed by atoms with Crippen LogP contribution < -0.4 is 0 Å². The van der Waals surface area contributed by atoms with Gasteiger partial charge in [0.2, 0.25) is 6.04 Å². The molecule has 0 spiro atoms. The molecule has 3 fully saturated rings. The van der Waals surface area contributed by atoms with E-state index in [1.54, 1.807) is 0 Å². The van der Waals surface area contributed by atoms with Crippen molar-refractivity contribution in [2.24, 2.45) is 17.8 Å². The van der Waals surface area contributed by atoms with Crippen LogP contribution in [-0.2, 0) is 19.1 Å². The summed E-state index contributed by atoms with van der Waals surface area (Å²) in [6.07, 6.45) is -0.568. The highest BCUT2D eigenvalue weighted by Crippen LogP contribution is 2.43. The molecule has 3 aliphatic rings. The van der Waals surface area contributed by atoms with Gasteiger partial charge in [-0.2, -0.15) is 0 Å². The third-order valence-corrected chi connectivity index (χ3v) is 4.59. The molecule has 6 atom stereocenters. The van der Waals surface area contributed by atoms with Crippen LogP contribution in [-0.4, -0.2) is 45.8 Å². The number of aliphatic hydroxyl groups is 1. The lowest BCUT2D eigenvalue weighted by Gasteiger charge is -2.29. The van der Waals surface area contributed by atoms with Crippen molar-refractivity contribution < 1.29 is 29.2 Å². The monoisotopic (exact) mass is 297 g/mol. The van der Waals surface area contributed by atoms with E-state index >= 15 is 0 Å². The van der Waals surface area contributed by atoms with Gasteiger partial charge in [0.15, 0.2) is 17.5 Å². The number of carbonyl (C=O) groups excluding carboxylic acids is 3. The quantitative estimate of drug-likeness (QED) is 0.322. The molecule has 21 heavy (non-hydrogen) atoms. The van der Waals surface area contributed by atoms with Crippen LogP contribution in [0.3, 0.4) is 0 Å². The Labute approximate surface area is 119 Å². The summed E-state index contributed by atoms with van der Waals surface area (Å²) in [6.45, 7) is 0. The summed E-state index contributed by atoms with van der Waals surface area (Å²) in [7, 11) is 0. The van der Waals surface area contributed by atoms with Crippen molar-refractivity contribution in [1.82, 2.24) is 0 Å². The summed E-state index contributed by atoms with van der Waals surface area (Å²) in [4.78, 5) is 46.8. The van der Waals surface area contributed by atoms with Gasteiger partial charge in [0, 0.05) is 11.3 Å². The second-order valence-electron chi connectivity index (χ2n) is 5.98. The number of Topliss-reactive ketones (excluding diaryl/α,β-unsaturated/α-hetero) is 2.